The summed E-state index contributed by atoms with van der Waals surface area (Å²) in [6.07, 6.45) is 7.16. The van der Waals surface area contributed by atoms with E-state index >= 15 is 0 Å². The molecule has 0 bridgehead atoms. The summed E-state index contributed by atoms with van der Waals surface area (Å²) in [6.45, 7) is 7.15. The molecule has 0 radical (unpaired) electrons. The van der Waals surface area contributed by atoms with E-state index < -0.39 is 0 Å². The van der Waals surface area contributed by atoms with Gasteiger partial charge in [-0.15, -0.1) is 24.0 Å². The maximum atomic E-state index is 5.26. The molecule has 0 aliphatic heterocycles. The Labute approximate surface area is 162 Å². The van der Waals surface area contributed by atoms with E-state index in [1.54, 1.807) is 0 Å². The zero-order valence-electron chi connectivity index (χ0n) is 15.3. The minimum Gasteiger partial charge on any atom is -0.356 e. The third kappa shape index (κ3) is 6.57. The number of rotatable bonds is 6. The van der Waals surface area contributed by atoms with Crippen LogP contribution < -0.4 is 10.6 Å². The van der Waals surface area contributed by atoms with Crippen molar-refractivity contribution in [1.82, 2.24) is 20.8 Å². The summed E-state index contributed by atoms with van der Waals surface area (Å²) in [5, 5.41) is 10.9. The van der Waals surface area contributed by atoms with Crippen molar-refractivity contribution in [2.45, 2.75) is 71.3 Å². The first-order valence-electron chi connectivity index (χ1n) is 8.92. The molecule has 1 aromatic rings. The summed E-state index contributed by atoms with van der Waals surface area (Å²) in [5.74, 6) is 3.48. The quantitative estimate of drug-likeness (QED) is 0.395. The highest BCUT2D eigenvalue weighted by atomic mass is 127. The van der Waals surface area contributed by atoms with E-state index in [9.17, 15) is 0 Å². The minimum atomic E-state index is 0. The molecule has 1 fully saturated rings. The van der Waals surface area contributed by atoms with Gasteiger partial charge in [-0.2, -0.15) is 4.98 Å². The summed E-state index contributed by atoms with van der Waals surface area (Å²) < 4.78 is 5.26. The minimum absolute atomic E-state index is 0. The largest absolute Gasteiger partial charge is 0.356 e. The molecule has 0 amide bonds. The third-order valence-electron chi connectivity index (χ3n) is 4.56. The van der Waals surface area contributed by atoms with Gasteiger partial charge in [-0.05, 0) is 18.8 Å². The fourth-order valence-electron chi connectivity index (χ4n) is 3.07. The molecular weight excluding hydrogens is 417 g/mol. The van der Waals surface area contributed by atoms with E-state index in [4.69, 9.17) is 4.52 Å². The topological polar surface area (TPSA) is 75.3 Å². The van der Waals surface area contributed by atoms with Gasteiger partial charge in [-0.25, -0.2) is 0 Å². The molecule has 1 aromatic heterocycles. The summed E-state index contributed by atoms with van der Waals surface area (Å²) in [4.78, 5) is 8.72. The summed E-state index contributed by atoms with van der Waals surface area (Å²) in [7, 11) is 1.82. The van der Waals surface area contributed by atoms with Crippen molar-refractivity contribution in [2.75, 3.05) is 13.6 Å². The molecule has 2 atom stereocenters. The number of nitrogens with zero attached hydrogens (tertiary/aromatic N) is 3. The average Bonchev–Trinajstić information content (AvgIpc) is 3.03. The number of guanidine groups is 1. The van der Waals surface area contributed by atoms with Crippen LogP contribution in [0.5, 0.6) is 0 Å². The van der Waals surface area contributed by atoms with Crippen molar-refractivity contribution < 1.29 is 4.52 Å². The number of halogens is 1. The average molecular weight is 449 g/mol. The summed E-state index contributed by atoms with van der Waals surface area (Å²) in [6, 6.07) is 0.538. The first-order chi connectivity index (χ1) is 11.1. The molecular formula is C17H32IN5O. The smallest absolute Gasteiger partial charge is 0.228 e. The van der Waals surface area contributed by atoms with Gasteiger partial charge < -0.3 is 15.2 Å². The van der Waals surface area contributed by atoms with Crippen LogP contribution in [-0.4, -0.2) is 35.7 Å². The van der Waals surface area contributed by atoms with Crippen molar-refractivity contribution in [2.24, 2.45) is 10.9 Å². The van der Waals surface area contributed by atoms with Gasteiger partial charge in [0.05, 0.1) is 0 Å². The first-order valence-corrected chi connectivity index (χ1v) is 8.92. The lowest BCUT2D eigenvalue weighted by Crippen LogP contribution is -2.45. The van der Waals surface area contributed by atoms with Gasteiger partial charge in [0.1, 0.15) is 0 Å². The zero-order valence-corrected chi connectivity index (χ0v) is 17.7. The maximum Gasteiger partial charge on any atom is 0.228 e. The lowest BCUT2D eigenvalue weighted by molar-refractivity contribution is 0.298. The van der Waals surface area contributed by atoms with Crippen molar-refractivity contribution in [1.29, 1.82) is 0 Å². The van der Waals surface area contributed by atoms with Crippen LogP contribution >= 0.6 is 24.0 Å². The van der Waals surface area contributed by atoms with Crippen molar-refractivity contribution in [3.8, 4) is 0 Å². The second-order valence-electron chi connectivity index (χ2n) is 6.73. The third-order valence-corrected chi connectivity index (χ3v) is 4.56. The molecule has 2 N–H and O–H groups in total. The lowest BCUT2D eigenvalue weighted by atomic mass is 9.84. The van der Waals surface area contributed by atoms with Crippen molar-refractivity contribution in [3.63, 3.8) is 0 Å². The molecule has 1 heterocycles. The van der Waals surface area contributed by atoms with Crippen LogP contribution in [0, 0.1) is 5.92 Å². The molecule has 1 aliphatic rings. The van der Waals surface area contributed by atoms with Crippen LogP contribution in [0.15, 0.2) is 9.52 Å². The molecule has 138 valence electrons. The van der Waals surface area contributed by atoms with Crippen LogP contribution in [0.25, 0.3) is 0 Å². The van der Waals surface area contributed by atoms with Crippen LogP contribution in [0.1, 0.15) is 70.5 Å². The SMILES string of the molecule is CCC1CCCC(NC(=NC)NCCc2nc(C(C)C)no2)C1.I. The Bertz CT molecular complexity index is 503. The predicted octanol–water partition coefficient (Wildman–Crippen LogP) is 3.49. The fraction of sp³-hybridized carbons (Fsp3) is 0.824. The summed E-state index contributed by atoms with van der Waals surface area (Å²) in [5.41, 5.74) is 0. The molecule has 6 nitrogen and oxygen atoms in total. The Morgan fingerprint density at radius 3 is 2.79 bits per heavy atom. The van der Waals surface area contributed by atoms with E-state index in [0.717, 1.165) is 24.2 Å². The number of aromatic nitrogens is 2. The van der Waals surface area contributed by atoms with E-state index in [1.807, 2.05) is 7.05 Å². The zero-order chi connectivity index (χ0) is 16.7. The Morgan fingerprint density at radius 2 is 2.17 bits per heavy atom. The molecule has 7 heteroatoms. The molecule has 1 saturated carbocycles. The second kappa shape index (κ2) is 10.9. The van der Waals surface area contributed by atoms with Gasteiger partial charge in [0, 0.05) is 32.0 Å². The number of nitrogens with one attached hydrogen (secondary N) is 2. The Morgan fingerprint density at radius 1 is 1.38 bits per heavy atom. The lowest BCUT2D eigenvalue weighted by Gasteiger charge is -2.30. The van der Waals surface area contributed by atoms with Crippen molar-refractivity contribution in [3.05, 3.63) is 11.7 Å². The van der Waals surface area contributed by atoms with Crippen molar-refractivity contribution >= 4 is 29.9 Å². The predicted molar refractivity (Wildman–Crippen MR) is 108 cm³/mol. The fourth-order valence-corrected chi connectivity index (χ4v) is 3.07. The van der Waals surface area contributed by atoms with E-state index in [1.165, 1.54) is 32.1 Å². The van der Waals surface area contributed by atoms with E-state index in [0.29, 0.717) is 24.3 Å². The van der Waals surface area contributed by atoms with Gasteiger partial charge in [0.2, 0.25) is 5.89 Å². The van der Waals surface area contributed by atoms with Gasteiger partial charge in [-0.3, -0.25) is 4.99 Å². The van der Waals surface area contributed by atoms with Crippen LogP contribution in [-0.2, 0) is 6.42 Å². The van der Waals surface area contributed by atoms with Crippen LogP contribution in [0.3, 0.4) is 0 Å². The van der Waals surface area contributed by atoms with Gasteiger partial charge in [0.25, 0.3) is 0 Å². The second-order valence-corrected chi connectivity index (χ2v) is 6.73. The molecule has 0 saturated heterocycles. The standard InChI is InChI=1S/C17H31N5O.HI/c1-5-13-7-6-8-14(11-13)20-17(18-4)19-10-9-15-21-16(12(2)3)22-23-15;/h12-14H,5-11H2,1-4H3,(H2,18,19,20);1H. The monoisotopic (exact) mass is 449 g/mol. The van der Waals surface area contributed by atoms with Crippen LogP contribution in [0.4, 0.5) is 0 Å². The maximum absolute atomic E-state index is 5.26. The highest BCUT2D eigenvalue weighted by Gasteiger charge is 2.21. The van der Waals surface area contributed by atoms with Gasteiger partial charge >= 0.3 is 0 Å². The molecule has 24 heavy (non-hydrogen) atoms. The van der Waals surface area contributed by atoms with E-state index in [2.05, 4.69) is 46.5 Å². The molecule has 2 unspecified atom stereocenters. The Hall–Kier alpha value is -0.860. The number of hydrogen-bond donors (Lipinski definition) is 2. The normalized spacial score (nSPS) is 21.5. The van der Waals surface area contributed by atoms with E-state index in [-0.39, 0.29) is 24.0 Å². The summed E-state index contributed by atoms with van der Waals surface area (Å²) >= 11 is 0. The van der Waals surface area contributed by atoms with Gasteiger partial charge in [-0.1, -0.05) is 45.2 Å². The molecule has 1 aliphatic carbocycles. The highest BCUT2D eigenvalue weighted by Crippen LogP contribution is 2.26. The van der Waals surface area contributed by atoms with Gasteiger partial charge in [0.15, 0.2) is 11.8 Å². The number of hydrogen-bond acceptors (Lipinski definition) is 4. The first kappa shape index (κ1) is 21.2. The molecule has 0 aromatic carbocycles. The molecule has 2 rings (SSSR count). The number of aliphatic imine (C=N–C) groups is 1. The van der Waals surface area contributed by atoms with Crippen LogP contribution in [0.2, 0.25) is 0 Å². The Kier molecular flexibility index (Phi) is 9.61. The highest BCUT2D eigenvalue weighted by molar-refractivity contribution is 14.0. The Balaban J connectivity index is 0.00000288. The molecule has 0 spiro atoms.